The Morgan fingerprint density at radius 3 is 1.44 bits per heavy atom. The number of nitrogens with zero attached hydrogens (tertiary/aromatic N) is 13. The van der Waals surface area contributed by atoms with Gasteiger partial charge in [0.25, 0.3) is 11.8 Å². The number of carbonyl (C=O) groups is 5. The van der Waals surface area contributed by atoms with Crippen LogP contribution in [0.25, 0.3) is 22.1 Å². The van der Waals surface area contributed by atoms with Crippen molar-refractivity contribution in [2.45, 2.75) is 128 Å². The Kier molecular flexibility index (Phi) is 15.2. The third-order valence-electron chi connectivity index (χ3n) is 17.2. The van der Waals surface area contributed by atoms with Gasteiger partial charge in [-0.2, -0.15) is 9.97 Å². The summed E-state index contributed by atoms with van der Waals surface area (Å²) in [7, 11) is 7.07. The molecule has 10 heterocycles. The molecule has 6 fully saturated rings. The Morgan fingerprint density at radius 1 is 0.617 bits per heavy atom. The highest BCUT2D eigenvalue weighted by molar-refractivity contribution is 6.00. The lowest BCUT2D eigenvalue weighted by atomic mass is 9.78. The predicted octanol–water partition coefficient (Wildman–Crippen LogP) is 8.63. The summed E-state index contributed by atoms with van der Waals surface area (Å²) < 4.78 is 9.72. The minimum absolute atomic E-state index is 0.0283. The molecule has 4 saturated heterocycles. The van der Waals surface area contributed by atoms with Crippen LogP contribution in [0.2, 0.25) is 0 Å². The maximum atomic E-state index is 13.1. The number of amides is 5. The molecular formula is C59H76N16O6. The van der Waals surface area contributed by atoms with Crippen molar-refractivity contribution in [3.63, 3.8) is 0 Å². The average Bonchev–Trinajstić information content (AvgIpc) is 4.50. The van der Waals surface area contributed by atoms with Crippen molar-refractivity contribution >= 4 is 86.7 Å². The number of nitrogens with one attached hydrogen (secondary N) is 3. The third-order valence-corrected chi connectivity index (χ3v) is 17.2. The molecule has 81 heavy (non-hydrogen) atoms. The van der Waals surface area contributed by atoms with Crippen molar-refractivity contribution in [2.75, 3.05) is 87.9 Å². The number of likely N-dealkylation sites (tertiary alicyclic amines) is 1. The molecule has 6 aromatic rings. The van der Waals surface area contributed by atoms with E-state index >= 15 is 0 Å². The van der Waals surface area contributed by atoms with E-state index in [1.54, 1.807) is 72.6 Å². The molecule has 12 rings (SSSR count). The summed E-state index contributed by atoms with van der Waals surface area (Å²) in [6.07, 6.45) is 20.0. The largest absolute Gasteiger partial charge is 0.444 e. The maximum Gasteiger partial charge on any atom is 0.410 e. The van der Waals surface area contributed by atoms with Crippen molar-refractivity contribution in [3.8, 4) is 0 Å². The van der Waals surface area contributed by atoms with Gasteiger partial charge >= 0.3 is 6.09 Å². The summed E-state index contributed by atoms with van der Waals surface area (Å²) in [5, 5.41) is 11.5. The number of aromatic nitrogens is 8. The lowest BCUT2D eigenvalue weighted by Crippen LogP contribution is -2.46. The van der Waals surface area contributed by atoms with Crippen molar-refractivity contribution in [1.29, 1.82) is 0 Å². The average molecular weight is 1110 g/mol. The number of ether oxygens (including phenoxy) is 1. The van der Waals surface area contributed by atoms with Crippen LogP contribution in [0, 0.1) is 10.8 Å². The normalized spacial score (nSPS) is 19.2. The van der Waals surface area contributed by atoms with Crippen molar-refractivity contribution in [2.24, 2.45) is 10.8 Å². The molecular weight excluding hydrogens is 1030 g/mol. The zero-order valence-electron chi connectivity index (χ0n) is 47.8. The van der Waals surface area contributed by atoms with Gasteiger partial charge in [0.15, 0.2) is 0 Å². The van der Waals surface area contributed by atoms with Crippen LogP contribution in [0.4, 0.5) is 39.7 Å². The SMILES string of the molecule is CN(C)C(=O)c1cc2cnc(Nc3ccc(N4CC5(CCN(C(=O)OC(C)(C)C)CC5)CC4=O)cn3)nc2n1C1CCCC1.CN(C)C(=O)c1cc2cnc(Nc3ccc(N4CC5(CCNCC5)CC4=O)cn3)nc2n1C1CCCC1. The molecule has 428 valence electrons. The first-order chi connectivity index (χ1) is 38.8. The van der Waals surface area contributed by atoms with Gasteiger partial charge in [-0.3, -0.25) is 19.2 Å². The van der Waals surface area contributed by atoms with Gasteiger partial charge in [-0.15, -0.1) is 0 Å². The summed E-state index contributed by atoms with van der Waals surface area (Å²) in [6, 6.07) is 11.8. The molecule has 0 radical (unpaired) electrons. The molecule has 22 nitrogen and oxygen atoms in total. The van der Waals surface area contributed by atoms with Crippen LogP contribution in [0.5, 0.6) is 0 Å². The summed E-state index contributed by atoms with van der Waals surface area (Å²) in [5.41, 5.74) is 3.76. The monoisotopic (exact) mass is 1100 g/mol. The van der Waals surface area contributed by atoms with E-state index in [4.69, 9.17) is 14.7 Å². The van der Waals surface area contributed by atoms with E-state index in [0.717, 1.165) is 130 Å². The highest BCUT2D eigenvalue weighted by atomic mass is 16.6. The number of piperidine rings is 2. The number of hydrogen-bond acceptors (Lipinski definition) is 15. The molecule has 6 aromatic heterocycles. The molecule has 5 amide bonds. The van der Waals surface area contributed by atoms with Gasteiger partial charge in [-0.05, 0) is 127 Å². The fraction of sp³-hybridized carbons (Fsp3) is 0.542. The standard InChI is InChI=1S/C32H42N8O4.C27H34N8O2/c1-31(2,3)44-30(43)38-14-12-32(13-15-38)17-26(41)39(20-32)23-10-11-25(33-19-23)35-29-34-18-21-16-24(28(42)37(4)5)40(27(21)36-29)22-8-6-7-9-22;1-33(2)25(37)21-13-18-15-30-26(32-24(18)35(21)19-5-3-4-6-19)31-22-8-7-20(16-29-22)34-17-27(14-23(34)36)9-11-28-12-10-27/h10-11,16,18-19,22H,6-9,12-15,17,20H2,1-5H3,(H,33,34,35,36);7-8,13,15-16,19,28H,3-6,9-12,14,17H2,1-2H3,(H,29,30,31,32). The Hall–Kier alpha value is -7.75. The smallest absolute Gasteiger partial charge is 0.410 e. The first kappa shape index (κ1) is 55.2. The van der Waals surface area contributed by atoms with Crippen LogP contribution in [0.15, 0.2) is 61.2 Å². The first-order valence-electron chi connectivity index (χ1n) is 28.8. The van der Waals surface area contributed by atoms with Crippen molar-refractivity contribution in [1.82, 2.24) is 59.1 Å². The van der Waals surface area contributed by atoms with E-state index in [0.29, 0.717) is 67.4 Å². The van der Waals surface area contributed by atoms with Gasteiger partial charge in [0.05, 0.1) is 23.8 Å². The second kappa shape index (κ2) is 22.3. The van der Waals surface area contributed by atoms with Crippen molar-refractivity contribution < 1.29 is 28.7 Å². The van der Waals surface area contributed by atoms with Gasteiger partial charge in [0.2, 0.25) is 23.7 Å². The van der Waals surface area contributed by atoms with Crippen LogP contribution in [-0.2, 0) is 14.3 Å². The van der Waals surface area contributed by atoms with Crippen LogP contribution in [0.1, 0.15) is 144 Å². The van der Waals surface area contributed by atoms with Gasteiger partial charge in [0.1, 0.15) is 39.9 Å². The molecule has 0 unspecified atom stereocenters. The van der Waals surface area contributed by atoms with E-state index in [9.17, 15) is 24.0 Å². The van der Waals surface area contributed by atoms with Crippen LogP contribution in [0.3, 0.4) is 0 Å². The quantitative estimate of drug-likeness (QED) is 0.116. The second-order valence-electron chi connectivity index (χ2n) is 24.6. The lowest BCUT2D eigenvalue weighted by molar-refractivity contribution is -0.118. The fourth-order valence-electron chi connectivity index (χ4n) is 12.8. The Bertz CT molecular complexity index is 3320. The Labute approximate surface area is 472 Å². The number of pyridine rings is 2. The van der Waals surface area contributed by atoms with E-state index < -0.39 is 5.60 Å². The van der Waals surface area contributed by atoms with Crippen LogP contribution >= 0.6 is 0 Å². The maximum absolute atomic E-state index is 13.1. The minimum atomic E-state index is -0.532. The number of carbonyl (C=O) groups excluding carboxylic acids is 5. The zero-order chi connectivity index (χ0) is 56.8. The third kappa shape index (κ3) is 11.6. The topological polar surface area (TPSA) is 234 Å². The zero-order valence-corrected chi connectivity index (χ0v) is 47.8. The summed E-state index contributed by atoms with van der Waals surface area (Å²) >= 11 is 0. The lowest BCUT2D eigenvalue weighted by Gasteiger charge is -2.39. The van der Waals surface area contributed by atoms with Crippen molar-refractivity contribution in [3.05, 3.63) is 72.6 Å². The van der Waals surface area contributed by atoms with E-state index in [-0.39, 0.29) is 52.6 Å². The summed E-state index contributed by atoms with van der Waals surface area (Å²) in [5.74, 6) is 2.16. The molecule has 2 spiro atoms. The molecule has 0 atom stereocenters. The van der Waals surface area contributed by atoms with Crippen LogP contribution < -0.4 is 25.8 Å². The summed E-state index contributed by atoms with van der Waals surface area (Å²) in [6.45, 7) is 10.1. The minimum Gasteiger partial charge on any atom is -0.444 e. The molecule has 22 heteroatoms. The number of hydrogen-bond donors (Lipinski definition) is 3. The number of fused-ring (bicyclic) bond motifs is 2. The number of anilines is 6. The molecule has 3 N–H and O–H groups in total. The number of rotatable bonds is 10. The Morgan fingerprint density at radius 2 is 1.05 bits per heavy atom. The van der Waals surface area contributed by atoms with Gasteiger partial charge in [-0.25, -0.2) is 24.7 Å². The predicted molar refractivity (Wildman–Crippen MR) is 309 cm³/mol. The molecule has 0 bridgehead atoms. The van der Waals surface area contributed by atoms with Gasteiger partial charge in [-0.1, -0.05) is 25.7 Å². The van der Waals surface area contributed by atoms with Gasteiger partial charge in [0, 0.05) is 108 Å². The first-order valence-corrected chi connectivity index (χ1v) is 28.8. The molecule has 6 aliphatic rings. The molecule has 4 aliphatic heterocycles. The van der Waals surface area contributed by atoms with E-state index in [1.807, 2.05) is 62.1 Å². The van der Waals surface area contributed by atoms with E-state index in [2.05, 4.69) is 45.0 Å². The van der Waals surface area contributed by atoms with Crippen LogP contribution in [-0.4, -0.2) is 157 Å². The second-order valence-corrected chi connectivity index (χ2v) is 24.6. The highest BCUT2D eigenvalue weighted by Crippen LogP contribution is 2.44. The molecule has 2 saturated carbocycles. The molecule has 0 aromatic carbocycles. The Balaban J connectivity index is 0.000000173. The van der Waals surface area contributed by atoms with E-state index in [1.165, 1.54) is 0 Å². The summed E-state index contributed by atoms with van der Waals surface area (Å²) in [4.78, 5) is 101. The molecule has 2 aliphatic carbocycles. The van der Waals surface area contributed by atoms with Gasteiger partial charge < -0.3 is 54.3 Å². The fourth-order valence-corrected chi connectivity index (χ4v) is 12.8. The highest BCUT2D eigenvalue weighted by Gasteiger charge is 2.47.